The standard InChI is InChI=1S/C16H12ClFN2/c1-10-12(17)5-3-7-14(10)20-15-8-9-19-16-11(15)4-2-6-13(16)18/h2-9H,1H3,(H,19,20). The monoisotopic (exact) mass is 286 g/mol. The van der Waals surface area contributed by atoms with E-state index in [4.69, 9.17) is 11.6 Å². The van der Waals surface area contributed by atoms with E-state index in [2.05, 4.69) is 10.3 Å². The van der Waals surface area contributed by atoms with Gasteiger partial charge < -0.3 is 5.32 Å². The molecule has 2 aromatic carbocycles. The maximum Gasteiger partial charge on any atom is 0.149 e. The summed E-state index contributed by atoms with van der Waals surface area (Å²) in [5, 5.41) is 4.73. The number of rotatable bonds is 2. The number of hydrogen-bond acceptors (Lipinski definition) is 2. The highest BCUT2D eigenvalue weighted by Crippen LogP contribution is 2.30. The van der Waals surface area contributed by atoms with Gasteiger partial charge in [0.15, 0.2) is 0 Å². The van der Waals surface area contributed by atoms with E-state index in [1.54, 1.807) is 12.3 Å². The zero-order chi connectivity index (χ0) is 14.1. The summed E-state index contributed by atoms with van der Waals surface area (Å²) in [6.07, 6.45) is 1.59. The van der Waals surface area contributed by atoms with Crippen LogP contribution < -0.4 is 5.32 Å². The molecule has 0 aliphatic heterocycles. The van der Waals surface area contributed by atoms with Gasteiger partial charge in [-0.2, -0.15) is 0 Å². The summed E-state index contributed by atoms with van der Waals surface area (Å²) >= 11 is 6.11. The third-order valence-corrected chi connectivity index (χ3v) is 3.67. The van der Waals surface area contributed by atoms with Crippen molar-refractivity contribution in [3.8, 4) is 0 Å². The van der Waals surface area contributed by atoms with Crippen molar-refractivity contribution < 1.29 is 4.39 Å². The Morgan fingerprint density at radius 2 is 1.85 bits per heavy atom. The minimum absolute atomic E-state index is 0.325. The zero-order valence-electron chi connectivity index (χ0n) is 10.8. The Bertz CT molecular complexity index is 787. The van der Waals surface area contributed by atoms with Gasteiger partial charge >= 0.3 is 0 Å². The van der Waals surface area contributed by atoms with Crippen molar-refractivity contribution >= 4 is 33.9 Å². The number of halogens is 2. The number of anilines is 2. The van der Waals surface area contributed by atoms with Crippen LogP contribution in [0.4, 0.5) is 15.8 Å². The second-order valence-electron chi connectivity index (χ2n) is 4.53. The van der Waals surface area contributed by atoms with Crippen molar-refractivity contribution in [2.24, 2.45) is 0 Å². The van der Waals surface area contributed by atoms with Gasteiger partial charge in [-0.25, -0.2) is 4.39 Å². The highest BCUT2D eigenvalue weighted by Gasteiger charge is 2.08. The lowest BCUT2D eigenvalue weighted by atomic mass is 10.1. The second-order valence-corrected chi connectivity index (χ2v) is 4.94. The Morgan fingerprint density at radius 3 is 2.70 bits per heavy atom. The first-order chi connectivity index (χ1) is 9.66. The fraction of sp³-hybridized carbons (Fsp3) is 0.0625. The topological polar surface area (TPSA) is 24.9 Å². The molecule has 4 heteroatoms. The van der Waals surface area contributed by atoms with Gasteiger partial charge in [0.05, 0.1) is 0 Å². The normalized spacial score (nSPS) is 10.8. The van der Waals surface area contributed by atoms with Crippen LogP contribution in [-0.4, -0.2) is 4.98 Å². The molecule has 0 spiro atoms. The number of para-hydroxylation sites is 1. The lowest BCUT2D eigenvalue weighted by Crippen LogP contribution is -1.96. The summed E-state index contributed by atoms with van der Waals surface area (Å²) in [6.45, 7) is 1.94. The molecule has 0 unspecified atom stereocenters. The first-order valence-corrected chi connectivity index (χ1v) is 6.60. The minimum Gasteiger partial charge on any atom is -0.355 e. The maximum absolute atomic E-state index is 13.7. The number of fused-ring (bicyclic) bond motifs is 1. The Balaban J connectivity index is 2.12. The van der Waals surface area contributed by atoms with Crippen molar-refractivity contribution in [3.63, 3.8) is 0 Å². The molecule has 1 aromatic heterocycles. The molecule has 0 amide bonds. The van der Waals surface area contributed by atoms with E-state index >= 15 is 0 Å². The van der Waals surface area contributed by atoms with Crippen LogP contribution in [0.25, 0.3) is 10.9 Å². The van der Waals surface area contributed by atoms with Gasteiger partial charge in [-0.05, 0) is 36.8 Å². The highest BCUT2D eigenvalue weighted by atomic mass is 35.5. The van der Waals surface area contributed by atoms with Crippen LogP contribution in [0.2, 0.25) is 5.02 Å². The van der Waals surface area contributed by atoms with Crippen LogP contribution in [0.15, 0.2) is 48.7 Å². The number of hydrogen-bond donors (Lipinski definition) is 1. The van der Waals surface area contributed by atoms with E-state index in [1.165, 1.54) is 6.07 Å². The third-order valence-electron chi connectivity index (χ3n) is 3.26. The number of aromatic nitrogens is 1. The molecule has 0 radical (unpaired) electrons. The molecule has 0 bridgehead atoms. The van der Waals surface area contributed by atoms with Gasteiger partial charge in [-0.1, -0.05) is 29.8 Å². The predicted octanol–water partition coefficient (Wildman–Crippen LogP) is 5.08. The molecule has 1 N–H and O–H groups in total. The van der Waals surface area contributed by atoms with E-state index in [9.17, 15) is 4.39 Å². The molecule has 0 saturated carbocycles. The Hall–Kier alpha value is -2.13. The summed E-state index contributed by atoms with van der Waals surface area (Å²) < 4.78 is 13.7. The number of nitrogens with one attached hydrogen (secondary N) is 1. The van der Waals surface area contributed by atoms with Crippen LogP contribution in [0.1, 0.15) is 5.56 Å². The lowest BCUT2D eigenvalue weighted by molar-refractivity contribution is 0.637. The largest absolute Gasteiger partial charge is 0.355 e. The summed E-state index contributed by atoms with van der Waals surface area (Å²) in [6, 6.07) is 12.4. The molecule has 3 rings (SSSR count). The van der Waals surface area contributed by atoms with Crippen LogP contribution in [0.3, 0.4) is 0 Å². The molecule has 0 atom stereocenters. The minimum atomic E-state index is -0.325. The maximum atomic E-state index is 13.7. The second kappa shape index (κ2) is 5.10. The average molecular weight is 287 g/mol. The molecule has 1 heterocycles. The highest BCUT2D eigenvalue weighted by molar-refractivity contribution is 6.31. The van der Waals surface area contributed by atoms with Crippen molar-refractivity contribution in [2.45, 2.75) is 6.92 Å². The fourth-order valence-electron chi connectivity index (χ4n) is 2.14. The Kier molecular flexibility index (Phi) is 3.28. The van der Waals surface area contributed by atoms with Gasteiger partial charge in [0.25, 0.3) is 0 Å². The van der Waals surface area contributed by atoms with E-state index in [-0.39, 0.29) is 5.82 Å². The smallest absolute Gasteiger partial charge is 0.149 e. The predicted molar refractivity (Wildman–Crippen MR) is 81.2 cm³/mol. The molecule has 0 fully saturated rings. The molecule has 20 heavy (non-hydrogen) atoms. The zero-order valence-corrected chi connectivity index (χ0v) is 11.6. The van der Waals surface area contributed by atoms with E-state index in [0.717, 1.165) is 22.3 Å². The van der Waals surface area contributed by atoms with E-state index in [0.29, 0.717) is 10.5 Å². The number of nitrogens with zero attached hydrogens (tertiary/aromatic N) is 1. The Labute approximate surface area is 121 Å². The molecular formula is C16H12ClFN2. The first-order valence-electron chi connectivity index (χ1n) is 6.22. The van der Waals surface area contributed by atoms with Gasteiger partial charge in [0.2, 0.25) is 0 Å². The summed E-state index contributed by atoms with van der Waals surface area (Å²) in [7, 11) is 0. The van der Waals surface area contributed by atoms with Gasteiger partial charge in [0.1, 0.15) is 11.3 Å². The van der Waals surface area contributed by atoms with Gasteiger partial charge in [0, 0.05) is 28.0 Å². The molecule has 3 aromatic rings. The van der Waals surface area contributed by atoms with Gasteiger partial charge in [-0.15, -0.1) is 0 Å². The molecular weight excluding hydrogens is 275 g/mol. The van der Waals surface area contributed by atoms with E-state index < -0.39 is 0 Å². The molecule has 100 valence electrons. The van der Waals surface area contributed by atoms with Crippen molar-refractivity contribution in [1.82, 2.24) is 4.98 Å². The van der Waals surface area contributed by atoms with Crippen LogP contribution in [0.5, 0.6) is 0 Å². The molecule has 0 saturated heterocycles. The van der Waals surface area contributed by atoms with Gasteiger partial charge in [-0.3, -0.25) is 4.98 Å². The van der Waals surface area contributed by atoms with Crippen molar-refractivity contribution in [3.05, 3.63) is 65.1 Å². The van der Waals surface area contributed by atoms with Crippen molar-refractivity contribution in [2.75, 3.05) is 5.32 Å². The van der Waals surface area contributed by atoms with Crippen LogP contribution >= 0.6 is 11.6 Å². The SMILES string of the molecule is Cc1c(Cl)cccc1Nc1ccnc2c(F)cccc12. The number of pyridine rings is 1. The van der Waals surface area contributed by atoms with Crippen molar-refractivity contribution in [1.29, 1.82) is 0 Å². The lowest BCUT2D eigenvalue weighted by Gasteiger charge is -2.12. The van der Waals surface area contributed by atoms with Crippen LogP contribution in [0, 0.1) is 12.7 Å². The number of benzene rings is 2. The quantitative estimate of drug-likeness (QED) is 0.710. The third kappa shape index (κ3) is 2.21. The molecule has 0 aliphatic carbocycles. The summed E-state index contributed by atoms with van der Waals surface area (Å²) in [5.41, 5.74) is 3.02. The molecule has 2 nitrogen and oxygen atoms in total. The Morgan fingerprint density at radius 1 is 1.05 bits per heavy atom. The summed E-state index contributed by atoms with van der Waals surface area (Å²) in [5.74, 6) is -0.325. The molecule has 0 aliphatic rings. The van der Waals surface area contributed by atoms with Crippen LogP contribution in [-0.2, 0) is 0 Å². The average Bonchev–Trinajstić information content (AvgIpc) is 2.45. The summed E-state index contributed by atoms with van der Waals surface area (Å²) in [4.78, 5) is 4.08. The fourth-order valence-corrected chi connectivity index (χ4v) is 2.31. The first kappa shape index (κ1) is 12.9. The van der Waals surface area contributed by atoms with E-state index in [1.807, 2.05) is 37.3 Å².